The molecule has 1 aromatic rings. The number of alkyl halides is 1. The van der Waals surface area contributed by atoms with Gasteiger partial charge in [-0.05, 0) is 6.92 Å². The molecule has 5 atom stereocenters. The summed E-state index contributed by atoms with van der Waals surface area (Å²) in [5.41, 5.74) is 4.51. The molecule has 9 heteroatoms. The lowest BCUT2D eigenvalue weighted by molar-refractivity contribution is -0.0809. The number of aliphatic hydroxyl groups is 2. The fourth-order valence-corrected chi connectivity index (χ4v) is 2.27. The Balaban J connectivity index is 2.50. The highest BCUT2D eigenvalue weighted by atomic mass is 35.5. The lowest BCUT2D eigenvalue weighted by Crippen LogP contribution is -2.45. The molecule has 2 rings (SSSR count). The van der Waals surface area contributed by atoms with E-state index in [4.69, 9.17) is 28.5 Å². The molecule has 1 aliphatic rings. The number of terminal acetylenes is 1. The highest BCUT2D eigenvalue weighted by Gasteiger charge is 2.57. The van der Waals surface area contributed by atoms with Crippen molar-refractivity contribution in [3.05, 3.63) is 16.7 Å². The first kappa shape index (κ1) is 14.7. The van der Waals surface area contributed by atoms with Crippen LogP contribution in [0.4, 0.5) is 5.82 Å². The van der Waals surface area contributed by atoms with E-state index in [-0.39, 0.29) is 5.82 Å². The van der Waals surface area contributed by atoms with Crippen LogP contribution in [0.5, 0.6) is 0 Å². The quantitative estimate of drug-likeness (QED) is 0.447. The lowest BCUT2D eigenvalue weighted by atomic mass is 9.97. The summed E-state index contributed by atoms with van der Waals surface area (Å²) in [7, 11) is 0. The lowest BCUT2D eigenvalue weighted by Gasteiger charge is -2.24. The molecule has 1 fully saturated rings. The van der Waals surface area contributed by atoms with Gasteiger partial charge in [0.25, 0.3) is 0 Å². The monoisotopic (exact) mass is 300 g/mol. The van der Waals surface area contributed by atoms with Gasteiger partial charge in [0.2, 0.25) is 0 Å². The number of ether oxygens (including phenoxy) is 1. The van der Waals surface area contributed by atoms with Gasteiger partial charge in [-0.1, -0.05) is 17.5 Å². The van der Waals surface area contributed by atoms with Gasteiger partial charge in [-0.2, -0.15) is 14.8 Å². The number of nitrogen functional groups attached to an aromatic ring is 1. The predicted molar refractivity (Wildman–Crippen MR) is 69.7 cm³/mol. The topological polar surface area (TPSA) is 123 Å². The molecule has 8 nitrogen and oxygen atoms in total. The second kappa shape index (κ2) is 5.03. The molecule has 1 saturated heterocycles. The van der Waals surface area contributed by atoms with Crippen LogP contribution in [0.15, 0.2) is 11.0 Å². The molecule has 0 aliphatic carbocycles. The van der Waals surface area contributed by atoms with Crippen LogP contribution < -0.4 is 11.4 Å². The molecule has 0 aromatic carbocycles. The molecule has 20 heavy (non-hydrogen) atoms. The number of aliphatic hydroxyl groups excluding tert-OH is 2. The molecule has 0 radical (unpaired) electrons. The Morgan fingerprint density at radius 2 is 2.40 bits per heavy atom. The molecule has 2 heterocycles. The van der Waals surface area contributed by atoms with Crippen LogP contribution >= 0.6 is 11.6 Å². The average Bonchev–Trinajstić information content (AvgIpc) is 2.64. The second-order valence-electron chi connectivity index (χ2n) is 4.46. The number of hydrogen-bond acceptors (Lipinski definition) is 7. The fraction of sp³-hybridized carbons (Fsp3) is 0.545. The normalized spacial score (nSPS) is 34.6. The second-order valence-corrected chi connectivity index (χ2v) is 5.08. The summed E-state index contributed by atoms with van der Waals surface area (Å²) >= 11 is 6.18. The van der Waals surface area contributed by atoms with Crippen molar-refractivity contribution in [1.29, 1.82) is 0 Å². The zero-order chi connectivity index (χ0) is 15.1. The molecule has 1 aliphatic heterocycles. The summed E-state index contributed by atoms with van der Waals surface area (Å²) in [5, 5.41) is 23.4. The van der Waals surface area contributed by atoms with E-state index < -0.39 is 35.1 Å². The number of nitrogens with zero attached hydrogens (tertiary/aromatic N) is 3. The Hall–Kier alpha value is -1.66. The van der Waals surface area contributed by atoms with Gasteiger partial charge in [-0.15, -0.1) is 6.42 Å². The van der Waals surface area contributed by atoms with Gasteiger partial charge in [0, 0.05) is 0 Å². The third-order valence-electron chi connectivity index (χ3n) is 3.04. The number of rotatable bonds is 2. The molecule has 1 aromatic heterocycles. The molecule has 2 unspecified atom stereocenters. The van der Waals surface area contributed by atoms with Gasteiger partial charge in [0.05, 0.1) is 12.3 Å². The van der Waals surface area contributed by atoms with Crippen LogP contribution in [0.25, 0.3) is 0 Å². The largest absolute Gasteiger partial charge is 0.391 e. The Morgan fingerprint density at radius 3 is 2.90 bits per heavy atom. The van der Waals surface area contributed by atoms with Crippen LogP contribution in [0.3, 0.4) is 0 Å². The minimum atomic E-state index is -1.75. The number of nitrogens with two attached hydrogens (primary N) is 1. The first-order valence-corrected chi connectivity index (χ1v) is 6.08. The van der Waals surface area contributed by atoms with Crippen molar-refractivity contribution in [2.45, 2.75) is 36.3 Å². The van der Waals surface area contributed by atoms with Gasteiger partial charge >= 0.3 is 5.69 Å². The third kappa shape index (κ3) is 2.14. The predicted octanol–water partition coefficient (Wildman–Crippen LogP) is -1.53. The van der Waals surface area contributed by atoms with E-state index in [0.717, 1.165) is 10.9 Å². The highest BCUT2D eigenvalue weighted by Crippen LogP contribution is 2.43. The number of halogens is 1. The summed E-state index contributed by atoms with van der Waals surface area (Å²) in [5.74, 6) is 2.11. The van der Waals surface area contributed by atoms with Gasteiger partial charge in [-0.25, -0.2) is 4.79 Å². The van der Waals surface area contributed by atoms with Crippen molar-refractivity contribution in [1.82, 2.24) is 14.8 Å². The zero-order valence-corrected chi connectivity index (χ0v) is 11.2. The van der Waals surface area contributed by atoms with Gasteiger partial charge in [0.1, 0.15) is 18.0 Å². The average molecular weight is 301 g/mol. The molecule has 0 spiro atoms. The molecular formula is C11H13ClN4O4. The Kier molecular flexibility index (Phi) is 3.71. The Morgan fingerprint density at radius 1 is 1.75 bits per heavy atom. The Bertz CT molecular complexity index is 613. The van der Waals surface area contributed by atoms with Crippen LogP contribution in [0.1, 0.15) is 13.2 Å². The van der Waals surface area contributed by atoms with Crippen molar-refractivity contribution in [3.63, 3.8) is 0 Å². The van der Waals surface area contributed by atoms with E-state index in [1.54, 1.807) is 0 Å². The highest BCUT2D eigenvalue weighted by molar-refractivity contribution is 6.27. The molecule has 0 saturated carbocycles. The van der Waals surface area contributed by atoms with Gasteiger partial charge in [0.15, 0.2) is 11.1 Å². The molecule has 108 valence electrons. The summed E-state index contributed by atoms with van der Waals surface area (Å²) in [6, 6.07) is 0. The van der Waals surface area contributed by atoms with Gasteiger partial charge in [-0.3, -0.25) is 0 Å². The van der Waals surface area contributed by atoms with Crippen molar-refractivity contribution in [3.8, 4) is 12.3 Å². The summed E-state index contributed by atoms with van der Waals surface area (Å²) in [6.07, 6.45) is 1.71. The fourth-order valence-electron chi connectivity index (χ4n) is 2.00. The Labute approximate surface area is 119 Å². The van der Waals surface area contributed by atoms with E-state index >= 15 is 0 Å². The van der Waals surface area contributed by atoms with E-state index in [1.165, 1.54) is 6.92 Å². The first-order valence-electron chi connectivity index (χ1n) is 5.71. The van der Waals surface area contributed by atoms with Crippen LogP contribution in [-0.2, 0) is 4.74 Å². The van der Waals surface area contributed by atoms with Crippen molar-refractivity contribution >= 4 is 17.4 Å². The zero-order valence-electron chi connectivity index (χ0n) is 10.5. The van der Waals surface area contributed by atoms with E-state index in [0.29, 0.717) is 0 Å². The number of hydrogen-bond donors (Lipinski definition) is 3. The van der Waals surface area contributed by atoms with Gasteiger partial charge < -0.3 is 20.7 Å². The van der Waals surface area contributed by atoms with Crippen molar-refractivity contribution in [2.24, 2.45) is 0 Å². The van der Waals surface area contributed by atoms with Crippen molar-refractivity contribution < 1.29 is 14.9 Å². The number of anilines is 1. The molecule has 0 bridgehead atoms. The molecular weight excluding hydrogens is 288 g/mol. The maximum absolute atomic E-state index is 11.8. The SMILES string of the molecule is C#CC1(Cl)C(O)[C@@H]([C@H](C)O)O[C@H]1n1ncc(N)nc1=O. The smallest absolute Gasteiger partial charge is 0.368 e. The maximum atomic E-state index is 11.8. The van der Waals surface area contributed by atoms with Crippen molar-refractivity contribution in [2.75, 3.05) is 5.73 Å². The third-order valence-corrected chi connectivity index (χ3v) is 3.56. The minimum absolute atomic E-state index is 0.0715. The summed E-state index contributed by atoms with van der Waals surface area (Å²) in [6.45, 7) is 1.40. The van der Waals surface area contributed by atoms with Crippen LogP contribution in [-0.4, -0.2) is 48.2 Å². The summed E-state index contributed by atoms with van der Waals surface area (Å²) < 4.78 is 6.18. The first-order chi connectivity index (χ1) is 9.31. The maximum Gasteiger partial charge on any atom is 0.368 e. The standard InChI is InChI=1S/C11H13ClN4O4/c1-3-11(12)8(18)7(5(2)17)20-9(11)16-10(19)15-6(13)4-14-16/h1,4-5,7-9,17-18H,2H3,(H2,13,15,19)/t5-,7+,8?,9+,11?/m0/s1. The van der Waals surface area contributed by atoms with Crippen LogP contribution in [0, 0.1) is 12.3 Å². The molecule has 0 amide bonds. The van der Waals surface area contributed by atoms with Crippen LogP contribution in [0.2, 0.25) is 0 Å². The summed E-state index contributed by atoms with van der Waals surface area (Å²) in [4.78, 5) is 13.5. The molecule has 4 N–H and O–H groups in total. The number of aromatic nitrogens is 3. The van der Waals surface area contributed by atoms with E-state index in [2.05, 4.69) is 16.0 Å². The minimum Gasteiger partial charge on any atom is -0.391 e. The van der Waals surface area contributed by atoms with E-state index in [1.807, 2.05) is 0 Å². The van der Waals surface area contributed by atoms with E-state index in [9.17, 15) is 15.0 Å².